The molecule has 0 aliphatic heterocycles. The molecule has 2 rings (SSSR count). The molecule has 0 aliphatic carbocycles. The third-order valence-electron chi connectivity index (χ3n) is 2.14. The van der Waals surface area contributed by atoms with E-state index in [-0.39, 0.29) is 6.04 Å². The maximum Gasteiger partial charge on any atom is 0.211 e. The number of oxazole rings is 1. The fourth-order valence-corrected chi connectivity index (χ4v) is 1.32. The van der Waals surface area contributed by atoms with Gasteiger partial charge in [0.2, 0.25) is 5.89 Å². The van der Waals surface area contributed by atoms with Gasteiger partial charge in [-0.3, -0.25) is 0 Å². The van der Waals surface area contributed by atoms with Crippen LogP contribution in [0.25, 0.3) is 11.5 Å². The highest BCUT2D eigenvalue weighted by molar-refractivity contribution is 6.28. The van der Waals surface area contributed by atoms with Crippen LogP contribution in [-0.4, -0.2) is 12.0 Å². The molecule has 2 heterocycles. The van der Waals surface area contributed by atoms with Gasteiger partial charge in [0.05, 0.1) is 12.2 Å². The van der Waals surface area contributed by atoms with Gasteiger partial charge in [0.15, 0.2) is 16.7 Å². The van der Waals surface area contributed by atoms with E-state index in [1.165, 1.54) is 0 Å². The maximum absolute atomic E-state index is 5.67. The third kappa shape index (κ3) is 2.06. The first-order valence-corrected chi connectivity index (χ1v) is 4.97. The Hall–Kier alpha value is -1.26. The SMILES string of the molecule is CNC(C)c1ncc(-c2ccc(Cl)o2)o1. The minimum absolute atomic E-state index is 0.0733. The molecule has 0 saturated heterocycles. The maximum atomic E-state index is 5.67. The van der Waals surface area contributed by atoms with Gasteiger partial charge in [0.1, 0.15) is 0 Å². The second kappa shape index (κ2) is 4.08. The minimum Gasteiger partial charge on any atom is -0.441 e. The molecular weight excluding hydrogens is 216 g/mol. The van der Waals surface area contributed by atoms with Crippen LogP contribution < -0.4 is 5.32 Å². The molecule has 2 aromatic heterocycles. The van der Waals surface area contributed by atoms with Crippen molar-refractivity contribution in [2.24, 2.45) is 0 Å². The van der Waals surface area contributed by atoms with Gasteiger partial charge < -0.3 is 14.2 Å². The van der Waals surface area contributed by atoms with E-state index in [9.17, 15) is 0 Å². The van der Waals surface area contributed by atoms with Crippen molar-refractivity contribution >= 4 is 11.6 Å². The molecule has 0 radical (unpaired) electrons. The summed E-state index contributed by atoms with van der Waals surface area (Å²) in [4.78, 5) is 4.14. The molecule has 2 aromatic rings. The summed E-state index contributed by atoms with van der Waals surface area (Å²) in [6, 6.07) is 3.49. The predicted octanol–water partition coefficient (Wildman–Crippen LogP) is 2.87. The smallest absolute Gasteiger partial charge is 0.211 e. The molecular formula is C10H11ClN2O2. The van der Waals surface area contributed by atoms with Crippen molar-refractivity contribution in [3.8, 4) is 11.5 Å². The summed E-state index contributed by atoms with van der Waals surface area (Å²) in [5.41, 5.74) is 0. The van der Waals surface area contributed by atoms with Crippen LogP contribution in [-0.2, 0) is 0 Å². The van der Waals surface area contributed by atoms with E-state index < -0.39 is 0 Å². The largest absolute Gasteiger partial charge is 0.441 e. The first kappa shape index (κ1) is 10.3. The van der Waals surface area contributed by atoms with Gasteiger partial charge in [-0.15, -0.1) is 0 Å². The first-order valence-electron chi connectivity index (χ1n) is 4.59. The van der Waals surface area contributed by atoms with E-state index in [0.717, 1.165) is 0 Å². The van der Waals surface area contributed by atoms with Gasteiger partial charge in [-0.05, 0) is 37.7 Å². The second-order valence-corrected chi connectivity index (χ2v) is 3.55. The number of hydrogen-bond acceptors (Lipinski definition) is 4. The molecule has 0 amide bonds. The van der Waals surface area contributed by atoms with Gasteiger partial charge in [0.25, 0.3) is 0 Å². The first-order chi connectivity index (χ1) is 7.20. The highest BCUT2D eigenvalue weighted by Gasteiger charge is 2.13. The Kier molecular flexibility index (Phi) is 2.79. The quantitative estimate of drug-likeness (QED) is 0.875. The van der Waals surface area contributed by atoms with Crippen LogP contribution in [0.15, 0.2) is 27.2 Å². The molecule has 1 N–H and O–H groups in total. The molecule has 80 valence electrons. The van der Waals surface area contributed by atoms with Gasteiger partial charge in [-0.2, -0.15) is 0 Å². The normalized spacial score (nSPS) is 13.0. The lowest BCUT2D eigenvalue weighted by Gasteiger charge is -2.02. The average molecular weight is 227 g/mol. The zero-order valence-electron chi connectivity index (χ0n) is 8.45. The average Bonchev–Trinajstić information content (AvgIpc) is 2.84. The van der Waals surface area contributed by atoms with Crippen molar-refractivity contribution in [1.82, 2.24) is 10.3 Å². The Morgan fingerprint density at radius 3 is 2.73 bits per heavy atom. The Balaban J connectivity index is 2.27. The molecule has 0 fully saturated rings. The number of nitrogens with one attached hydrogen (secondary N) is 1. The standard InChI is InChI=1S/C10H11ClN2O2/c1-6(12-2)10-13-5-8(15-10)7-3-4-9(11)14-7/h3-6,12H,1-2H3. The Labute approximate surface area is 92.2 Å². The fourth-order valence-electron chi connectivity index (χ4n) is 1.17. The van der Waals surface area contributed by atoms with Crippen LogP contribution in [0.5, 0.6) is 0 Å². The zero-order valence-corrected chi connectivity index (χ0v) is 9.21. The number of nitrogens with zero attached hydrogens (tertiary/aromatic N) is 1. The lowest BCUT2D eigenvalue weighted by molar-refractivity contribution is 0.431. The van der Waals surface area contributed by atoms with Crippen molar-refractivity contribution in [3.05, 3.63) is 29.4 Å². The minimum atomic E-state index is 0.0733. The highest BCUT2D eigenvalue weighted by atomic mass is 35.5. The van der Waals surface area contributed by atoms with Gasteiger partial charge in [-0.1, -0.05) is 0 Å². The summed E-state index contributed by atoms with van der Waals surface area (Å²) in [6.45, 7) is 1.96. The van der Waals surface area contributed by atoms with Crippen LogP contribution in [0, 0.1) is 0 Å². The Morgan fingerprint density at radius 2 is 2.13 bits per heavy atom. The number of rotatable bonds is 3. The van der Waals surface area contributed by atoms with Crippen molar-refractivity contribution in [1.29, 1.82) is 0 Å². The van der Waals surface area contributed by atoms with E-state index >= 15 is 0 Å². The predicted molar refractivity (Wildman–Crippen MR) is 56.7 cm³/mol. The summed E-state index contributed by atoms with van der Waals surface area (Å²) < 4.78 is 10.7. The number of hydrogen-bond donors (Lipinski definition) is 1. The van der Waals surface area contributed by atoms with Crippen LogP contribution in [0.4, 0.5) is 0 Å². The second-order valence-electron chi connectivity index (χ2n) is 3.18. The topological polar surface area (TPSA) is 51.2 Å². The lowest BCUT2D eigenvalue weighted by atomic mass is 10.3. The van der Waals surface area contributed by atoms with Crippen LogP contribution >= 0.6 is 11.6 Å². The molecule has 0 saturated carbocycles. The summed E-state index contributed by atoms with van der Waals surface area (Å²) in [5.74, 6) is 1.79. The lowest BCUT2D eigenvalue weighted by Crippen LogP contribution is -2.12. The molecule has 0 aliphatic rings. The molecule has 5 heteroatoms. The van der Waals surface area contributed by atoms with Gasteiger partial charge >= 0.3 is 0 Å². The van der Waals surface area contributed by atoms with Crippen LogP contribution in [0.3, 0.4) is 0 Å². The van der Waals surface area contributed by atoms with Crippen molar-refractivity contribution in [2.45, 2.75) is 13.0 Å². The van der Waals surface area contributed by atoms with E-state index in [4.69, 9.17) is 20.4 Å². The van der Waals surface area contributed by atoms with E-state index in [2.05, 4.69) is 10.3 Å². The molecule has 0 aromatic carbocycles. The number of furan rings is 1. The fraction of sp³-hybridized carbons (Fsp3) is 0.300. The molecule has 4 nitrogen and oxygen atoms in total. The van der Waals surface area contributed by atoms with Crippen molar-refractivity contribution in [3.63, 3.8) is 0 Å². The summed E-state index contributed by atoms with van der Waals surface area (Å²) in [6.07, 6.45) is 1.62. The summed E-state index contributed by atoms with van der Waals surface area (Å²) >= 11 is 5.67. The Bertz CT molecular complexity index is 450. The number of halogens is 1. The molecule has 15 heavy (non-hydrogen) atoms. The van der Waals surface area contributed by atoms with Crippen LogP contribution in [0.2, 0.25) is 5.22 Å². The molecule has 0 bridgehead atoms. The van der Waals surface area contributed by atoms with Crippen LogP contribution in [0.1, 0.15) is 18.9 Å². The monoisotopic (exact) mass is 226 g/mol. The zero-order chi connectivity index (χ0) is 10.8. The highest BCUT2D eigenvalue weighted by Crippen LogP contribution is 2.26. The summed E-state index contributed by atoms with van der Waals surface area (Å²) in [5, 5.41) is 3.38. The van der Waals surface area contributed by atoms with Crippen molar-refractivity contribution in [2.75, 3.05) is 7.05 Å². The third-order valence-corrected chi connectivity index (χ3v) is 2.35. The summed E-state index contributed by atoms with van der Waals surface area (Å²) in [7, 11) is 1.85. The van der Waals surface area contributed by atoms with E-state index in [1.807, 2.05) is 14.0 Å². The van der Waals surface area contributed by atoms with Gasteiger partial charge in [0, 0.05) is 0 Å². The van der Waals surface area contributed by atoms with E-state index in [0.29, 0.717) is 22.6 Å². The van der Waals surface area contributed by atoms with Gasteiger partial charge in [-0.25, -0.2) is 4.98 Å². The van der Waals surface area contributed by atoms with Crippen molar-refractivity contribution < 1.29 is 8.83 Å². The molecule has 0 spiro atoms. The number of aromatic nitrogens is 1. The molecule has 1 unspecified atom stereocenters. The van der Waals surface area contributed by atoms with E-state index in [1.54, 1.807) is 18.3 Å². The Morgan fingerprint density at radius 1 is 1.33 bits per heavy atom. The molecule has 1 atom stereocenters.